The predicted molar refractivity (Wildman–Crippen MR) is 70.7 cm³/mol. The van der Waals surface area contributed by atoms with Gasteiger partial charge in [-0.3, -0.25) is 5.43 Å². The van der Waals surface area contributed by atoms with Gasteiger partial charge in [0.1, 0.15) is 0 Å². The van der Waals surface area contributed by atoms with Gasteiger partial charge in [-0.15, -0.1) is 11.4 Å². The molecule has 0 saturated carbocycles. The standard InChI is InChI=1S/C10H13N3O2S2/c1-2-8-11-10(16)12-13-17(14,15)9-6-4-3-5-7-9/h2-7,13H,1,8H2,(H2,11,12,16). The van der Waals surface area contributed by atoms with Gasteiger partial charge in [0.05, 0.1) is 4.90 Å². The number of nitrogens with one attached hydrogen (secondary N) is 3. The Labute approximate surface area is 106 Å². The van der Waals surface area contributed by atoms with E-state index in [2.05, 4.69) is 22.2 Å². The normalized spacial score (nSPS) is 10.6. The molecule has 0 saturated heterocycles. The second-order valence-corrected chi connectivity index (χ2v) is 5.13. The third kappa shape index (κ3) is 4.51. The van der Waals surface area contributed by atoms with Gasteiger partial charge in [-0.05, 0) is 24.4 Å². The Hall–Kier alpha value is -1.44. The van der Waals surface area contributed by atoms with Gasteiger partial charge in [-0.25, -0.2) is 8.42 Å². The summed E-state index contributed by atoms with van der Waals surface area (Å²) in [4.78, 5) is 2.33. The number of thiocarbonyl (C=S) groups is 1. The molecule has 3 N–H and O–H groups in total. The van der Waals surface area contributed by atoms with Crippen LogP contribution >= 0.6 is 12.2 Å². The molecule has 7 heteroatoms. The summed E-state index contributed by atoms with van der Waals surface area (Å²) in [6, 6.07) is 8.00. The van der Waals surface area contributed by atoms with E-state index in [0.717, 1.165) is 0 Å². The van der Waals surface area contributed by atoms with E-state index in [0.29, 0.717) is 6.54 Å². The van der Waals surface area contributed by atoms with Crippen molar-refractivity contribution < 1.29 is 8.42 Å². The van der Waals surface area contributed by atoms with E-state index in [4.69, 9.17) is 12.2 Å². The quantitative estimate of drug-likeness (QED) is 0.414. The van der Waals surface area contributed by atoms with Crippen LogP contribution in [0, 0.1) is 0 Å². The summed E-state index contributed by atoms with van der Waals surface area (Å²) in [5.74, 6) is 0. The number of hydrazine groups is 1. The highest BCUT2D eigenvalue weighted by atomic mass is 32.2. The third-order valence-corrected chi connectivity index (χ3v) is 3.27. The molecule has 5 nitrogen and oxygen atoms in total. The fourth-order valence-corrected chi connectivity index (χ4v) is 2.05. The van der Waals surface area contributed by atoms with Crippen LogP contribution in [-0.4, -0.2) is 20.1 Å². The molecule has 0 amide bonds. The van der Waals surface area contributed by atoms with Crippen LogP contribution in [0.15, 0.2) is 47.9 Å². The Morgan fingerprint density at radius 1 is 1.35 bits per heavy atom. The molecule has 0 bridgehead atoms. The van der Waals surface area contributed by atoms with Crippen LogP contribution in [-0.2, 0) is 10.0 Å². The molecule has 92 valence electrons. The lowest BCUT2D eigenvalue weighted by molar-refractivity contribution is 0.577. The molecule has 0 spiro atoms. The maximum absolute atomic E-state index is 11.7. The van der Waals surface area contributed by atoms with Gasteiger partial charge in [-0.1, -0.05) is 24.3 Å². The summed E-state index contributed by atoms with van der Waals surface area (Å²) in [6.07, 6.45) is 1.61. The van der Waals surface area contributed by atoms with Crippen molar-refractivity contribution in [2.24, 2.45) is 0 Å². The number of hydrogen-bond acceptors (Lipinski definition) is 3. The molecule has 0 heterocycles. The molecule has 0 aliphatic heterocycles. The average Bonchev–Trinajstić information content (AvgIpc) is 2.35. The number of rotatable bonds is 5. The Bertz CT molecular complexity index is 486. The molecule has 0 aliphatic carbocycles. The first-order chi connectivity index (χ1) is 8.06. The van der Waals surface area contributed by atoms with Crippen molar-refractivity contribution in [3.8, 4) is 0 Å². The maximum Gasteiger partial charge on any atom is 0.257 e. The SMILES string of the molecule is C=CCNC(=S)NNS(=O)(=O)c1ccccc1. The van der Waals surface area contributed by atoms with Crippen LogP contribution in [0.3, 0.4) is 0 Å². The van der Waals surface area contributed by atoms with Gasteiger partial charge in [-0.2, -0.15) is 0 Å². The van der Waals surface area contributed by atoms with Gasteiger partial charge in [0.25, 0.3) is 10.0 Å². The summed E-state index contributed by atoms with van der Waals surface area (Å²) in [6.45, 7) is 3.96. The van der Waals surface area contributed by atoms with Crippen molar-refractivity contribution in [3.63, 3.8) is 0 Å². The Morgan fingerprint density at radius 2 is 2.00 bits per heavy atom. The van der Waals surface area contributed by atoms with Crippen molar-refractivity contribution in [3.05, 3.63) is 43.0 Å². The first-order valence-electron chi connectivity index (χ1n) is 4.78. The van der Waals surface area contributed by atoms with Gasteiger partial charge in [0, 0.05) is 6.54 Å². The zero-order chi connectivity index (χ0) is 12.7. The molecule has 17 heavy (non-hydrogen) atoms. The topological polar surface area (TPSA) is 70.2 Å². The lowest BCUT2D eigenvalue weighted by Crippen LogP contribution is -2.46. The van der Waals surface area contributed by atoms with Crippen LogP contribution in [0.4, 0.5) is 0 Å². The first-order valence-corrected chi connectivity index (χ1v) is 6.67. The second kappa shape index (κ2) is 6.33. The Morgan fingerprint density at radius 3 is 2.59 bits per heavy atom. The van der Waals surface area contributed by atoms with Gasteiger partial charge >= 0.3 is 0 Å². The largest absolute Gasteiger partial charge is 0.358 e. The van der Waals surface area contributed by atoms with Crippen LogP contribution in [0.2, 0.25) is 0 Å². The fourth-order valence-electron chi connectivity index (χ4n) is 0.981. The Balaban J connectivity index is 2.57. The van der Waals surface area contributed by atoms with Crippen molar-refractivity contribution in [2.75, 3.05) is 6.54 Å². The second-order valence-electron chi connectivity index (χ2n) is 3.04. The van der Waals surface area contributed by atoms with Crippen LogP contribution < -0.4 is 15.6 Å². The van der Waals surface area contributed by atoms with Gasteiger partial charge < -0.3 is 5.32 Å². The fraction of sp³-hybridized carbons (Fsp3) is 0.100. The van der Waals surface area contributed by atoms with Crippen LogP contribution in [0.1, 0.15) is 0 Å². The number of hydrogen-bond donors (Lipinski definition) is 3. The lowest BCUT2D eigenvalue weighted by Gasteiger charge is -2.10. The number of sulfonamides is 1. The minimum atomic E-state index is -3.59. The highest BCUT2D eigenvalue weighted by Gasteiger charge is 2.12. The molecule has 0 fully saturated rings. The number of benzene rings is 1. The average molecular weight is 271 g/mol. The first kappa shape index (κ1) is 13.6. The molecular formula is C10H13N3O2S2. The van der Waals surface area contributed by atoms with E-state index >= 15 is 0 Å². The smallest absolute Gasteiger partial charge is 0.257 e. The van der Waals surface area contributed by atoms with E-state index in [1.165, 1.54) is 12.1 Å². The molecule has 1 aromatic rings. The van der Waals surface area contributed by atoms with Crippen molar-refractivity contribution in [1.82, 2.24) is 15.6 Å². The van der Waals surface area contributed by atoms with Crippen LogP contribution in [0.5, 0.6) is 0 Å². The zero-order valence-electron chi connectivity index (χ0n) is 9.01. The van der Waals surface area contributed by atoms with E-state index in [1.54, 1.807) is 24.3 Å². The summed E-state index contributed by atoms with van der Waals surface area (Å²) in [5, 5.41) is 2.92. The van der Waals surface area contributed by atoms with Crippen molar-refractivity contribution >= 4 is 27.4 Å². The van der Waals surface area contributed by atoms with Crippen molar-refractivity contribution in [1.29, 1.82) is 0 Å². The zero-order valence-corrected chi connectivity index (χ0v) is 10.6. The van der Waals surface area contributed by atoms with E-state index in [9.17, 15) is 8.42 Å². The van der Waals surface area contributed by atoms with E-state index < -0.39 is 10.0 Å². The summed E-state index contributed by atoms with van der Waals surface area (Å²) in [7, 11) is -3.59. The summed E-state index contributed by atoms with van der Waals surface area (Å²) >= 11 is 4.84. The minimum absolute atomic E-state index is 0.166. The van der Waals surface area contributed by atoms with Gasteiger partial charge in [0.2, 0.25) is 0 Å². The molecular weight excluding hydrogens is 258 g/mol. The summed E-state index contributed by atoms with van der Waals surface area (Å²) in [5.41, 5.74) is 2.39. The third-order valence-electron chi connectivity index (χ3n) is 1.76. The minimum Gasteiger partial charge on any atom is -0.358 e. The highest BCUT2D eigenvalue weighted by molar-refractivity contribution is 7.89. The van der Waals surface area contributed by atoms with Crippen LogP contribution in [0.25, 0.3) is 0 Å². The molecule has 0 unspecified atom stereocenters. The predicted octanol–water partition coefficient (Wildman–Crippen LogP) is 0.530. The maximum atomic E-state index is 11.7. The molecule has 0 atom stereocenters. The van der Waals surface area contributed by atoms with E-state index in [-0.39, 0.29) is 10.0 Å². The monoisotopic (exact) mass is 271 g/mol. The summed E-state index contributed by atoms with van der Waals surface area (Å²) < 4.78 is 23.5. The molecule has 0 aliphatic rings. The molecule has 1 aromatic carbocycles. The molecule has 0 aromatic heterocycles. The molecule has 0 radical (unpaired) electrons. The molecule has 1 rings (SSSR count). The van der Waals surface area contributed by atoms with E-state index in [1.807, 2.05) is 0 Å². The van der Waals surface area contributed by atoms with Crippen molar-refractivity contribution in [2.45, 2.75) is 4.90 Å². The van der Waals surface area contributed by atoms with Gasteiger partial charge in [0.15, 0.2) is 5.11 Å². The Kier molecular flexibility index (Phi) is 5.08. The lowest BCUT2D eigenvalue weighted by atomic mass is 10.4. The highest BCUT2D eigenvalue weighted by Crippen LogP contribution is 2.05.